The molecule has 2 N–H and O–H groups in total. The van der Waals surface area contributed by atoms with Crippen LogP contribution in [0.5, 0.6) is 0 Å². The van der Waals surface area contributed by atoms with Crippen molar-refractivity contribution < 1.29 is 19.8 Å². The van der Waals surface area contributed by atoms with Crippen LogP contribution in [0.2, 0.25) is 0 Å². The van der Waals surface area contributed by atoms with E-state index in [0.717, 1.165) is 11.5 Å². The van der Waals surface area contributed by atoms with Gasteiger partial charge in [0.15, 0.2) is 0 Å². The van der Waals surface area contributed by atoms with Gasteiger partial charge in [-0.2, -0.15) is 25.3 Å². The number of carbonyl (C=O) groups excluding carboxylic acids is 2. The fourth-order valence-electron chi connectivity index (χ4n) is 0.224. The van der Waals surface area contributed by atoms with Crippen molar-refractivity contribution in [3.05, 3.63) is 0 Å². The maximum atomic E-state index is 9.43. The molecule has 0 atom stereocenters. The van der Waals surface area contributed by atoms with Crippen LogP contribution in [-0.2, 0) is 9.59 Å². The highest BCUT2D eigenvalue weighted by atomic mass is 32.1. The number of aliphatic hydroxyl groups excluding tert-OH is 2. The summed E-state index contributed by atoms with van der Waals surface area (Å²) >= 11 is 14.5. The lowest BCUT2D eigenvalue weighted by Gasteiger charge is -1.85. The van der Waals surface area contributed by atoms with Gasteiger partial charge in [0.25, 0.3) is 0 Å². The molecule has 0 aliphatic rings. The van der Waals surface area contributed by atoms with E-state index in [4.69, 9.17) is 10.2 Å². The first-order valence-corrected chi connectivity index (χ1v) is 6.49. The highest BCUT2D eigenvalue weighted by Crippen LogP contribution is 1.91. The van der Waals surface area contributed by atoms with E-state index in [1.807, 2.05) is 0 Å². The Morgan fingerprint density at radius 3 is 1.06 bits per heavy atom. The van der Waals surface area contributed by atoms with Crippen molar-refractivity contribution in [2.45, 2.75) is 12.8 Å². The first-order valence-electron chi connectivity index (χ1n) is 4.33. The Labute approximate surface area is 118 Å². The van der Waals surface area contributed by atoms with Gasteiger partial charge in [0.2, 0.25) is 10.2 Å². The van der Waals surface area contributed by atoms with Crippen LogP contribution in [0, 0.1) is 0 Å². The van der Waals surface area contributed by atoms with E-state index in [1.54, 1.807) is 0 Å². The maximum Gasteiger partial charge on any atom is 0.211 e. The average Bonchev–Trinajstić information content (AvgIpc) is 2.27. The zero-order valence-corrected chi connectivity index (χ0v) is 12.3. The van der Waals surface area contributed by atoms with Crippen LogP contribution in [0.15, 0.2) is 0 Å². The Bertz CT molecular complexity index is 148. The fourth-order valence-corrected chi connectivity index (χ4v) is 0.671. The van der Waals surface area contributed by atoms with Crippen molar-refractivity contribution >= 4 is 60.7 Å². The molecule has 0 aromatic rings. The van der Waals surface area contributed by atoms with E-state index in [2.05, 4.69) is 50.5 Å². The SMILES string of the molecule is O=C(S)CO.O=C(S)CO.SCCCCS. The zero-order valence-electron chi connectivity index (χ0n) is 8.74. The Kier molecular flexibility index (Phi) is 28.7. The summed E-state index contributed by atoms with van der Waals surface area (Å²) in [7, 11) is 0. The van der Waals surface area contributed by atoms with Crippen molar-refractivity contribution in [2.75, 3.05) is 24.7 Å². The molecule has 0 unspecified atom stereocenters. The van der Waals surface area contributed by atoms with E-state index in [0.29, 0.717) is 0 Å². The van der Waals surface area contributed by atoms with E-state index < -0.39 is 23.4 Å². The van der Waals surface area contributed by atoms with Crippen molar-refractivity contribution in [3.63, 3.8) is 0 Å². The summed E-state index contributed by atoms with van der Waals surface area (Å²) in [4.78, 5) is 18.9. The first-order chi connectivity index (χ1) is 7.45. The number of hydrogen-bond acceptors (Lipinski definition) is 6. The van der Waals surface area contributed by atoms with E-state index >= 15 is 0 Å². The Balaban J connectivity index is -0.000000160. The molecule has 0 saturated carbocycles. The molecule has 0 aromatic heterocycles. The minimum atomic E-state index is -0.495. The van der Waals surface area contributed by atoms with Gasteiger partial charge in [0.1, 0.15) is 13.2 Å². The molecule has 98 valence electrons. The second-order valence-corrected chi connectivity index (χ2v) is 4.15. The van der Waals surface area contributed by atoms with Gasteiger partial charge in [-0.25, -0.2) is 0 Å². The lowest BCUT2D eigenvalue weighted by molar-refractivity contribution is -0.113. The monoisotopic (exact) mass is 306 g/mol. The number of aliphatic hydroxyl groups is 2. The van der Waals surface area contributed by atoms with Gasteiger partial charge in [0.05, 0.1) is 0 Å². The van der Waals surface area contributed by atoms with Gasteiger partial charge in [-0.05, 0) is 24.3 Å². The molecule has 0 aromatic carbocycles. The van der Waals surface area contributed by atoms with Gasteiger partial charge < -0.3 is 10.2 Å². The molecule has 0 aliphatic heterocycles. The predicted octanol–water partition coefficient (Wildman–Crippen LogP) is 0.496. The summed E-state index contributed by atoms with van der Waals surface area (Å²) < 4.78 is 0. The van der Waals surface area contributed by atoms with Gasteiger partial charge in [-0.3, -0.25) is 9.59 Å². The zero-order chi connectivity index (χ0) is 13.4. The third-order valence-corrected chi connectivity index (χ3v) is 1.75. The molecule has 0 spiro atoms. The third-order valence-electron chi connectivity index (χ3n) is 0.837. The Morgan fingerprint density at radius 2 is 1.00 bits per heavy atom. The molecule has 4 nitrogen and oxygen atoms in total. The summed E-state index contributed by atoms with van der Waals surface area (Å²) in [5.74, 6) is 2.00. The first kappa shape index (κ1) is 21.9. The molecular weight excluding hydrogens is 288 g/mol. The third kappa shape index (κ3) is 46.6. The van der Waals surface area contributed by atoms with Crippen LogP contribution in [0.1, 0.15) is 12.8 Å². The quantitative estimate of drug-likeness (QED) is 0.330. The van der Waals surface area contributed by atoms with Crippen LogP contribution in [0.4, 0.5) is 0 Å². The fraction of sp³-hybridized carbons (Fsp3) is 0.750. The second kappa shape index (κ2) is 21.0. The number of rotatable bonds is 5. The molecule has 0 radical (unpaired) electrons. The molecule has 0 amide bonds. The normalized spacial score (nSPS) is 8.12. The summed E-state index contributed by atoms with van der Waals surface area (Å²) in [6.07, 6.45) is 2.40. The lowest BCUT2D eigenvalue weighted by atomic mass is 10.4. The Morgan fingerprint density at radius 1 is 0.812 bits per heavy atom. The smallest absolute Gasteiger partial charge is 0.211 e. The summed E-state index contributed by atoms with van der Waals surface area (Å²) in [6, 6.07) is 0. The Hall–Kier alpha value is 0.660. The van der Waals surface area contributed by atoms with Crippen molar-refractivity contribution in [1.82, 2.24) is 0 Å². The van der Waals surface area contributed by atoms with Crippen molar-refractivity contribution in [2.24, 2.45) is 0 Å². The molecule has 0 bridgehead atoms. The van der Waals surface area contributed by atoms with Crippen molar-refractivity contribution in [3.8, 4) is 0 Å². The van der Waals surface area contributed by atoms with Crippen LogP contribution in [0.3, 0.4) is 0 Å². The van der Waals surface area contributed by atoms with Gasteiger partial charge in [-0.1, -0.05) is 0 Å². The van der Waals surface area contributed by atoms with Crippen LogP contribution in [0.25, 0.3) is 0 Å². The summed E-state index contributed by atoms with van der Waals surface area (Å²) in [5, 5.41) is 14.4. The summed E-state index contributed by atoms with van der Waals surface area (Å²) in [6.45, 7) is -0.938. The topological polar surface area (TPSA) is 74.6 Å². The van der Waals surface area contributed by atoms with Crippen molar-refractivity contribution in [1.29, 1.82) is 0 Å². The van der Waals surface area contributed by atoms with Gasteiger partial charge in [0, 0.05) is 0 Å². The largest absolute Gasteiger partial charge is 0.388 e. The molecule has 0 aliphatic carbocycles. The number of thiol groups is 4. The highest BCUT2D eigenvalue weighted by Gasteiger charge is 1.80. The predicted molar refractivity (Wildman–Crippen MR) is 79.1 cm³/mol. The highest BCUT2D eigenvalue weighted by molar-refractivity contribution is 7.96. The molecule has 0 rings (SSSR count). The maximum absolute atomic E-state index is 9.43. The minimum Gasteiger partial charge on any atom is -0.388 e. The molecule has 0 saturated heterocycles. The number of carbonyl (C=O) groups is 2. The van der Waals surface area contributed by atoms with E-state index in [9.17, 15) is 9.59 Å². The molecule has 0 heterocycles. The lowest BCUT2D eigenvalue weighted by Crippen LogP contribution is -1.89. The number of unbranched alkanes of at least 4 members (excludes halogenated alkanes) is 1. The molecule has 8 heteroatoms. The molecule has 16 heavy (non-hydrogen) atoms. The average molecular weight is 306 g/mol. The van der Waals surface area contributed by atoms with Crippen LogP contribution < -0.4 is 0 Å². The second-order valence-electron chi connectivity index (χ2n) is 2.26. The minimum absolute atomic E-state index is 0.469. The molecule has 0 fully saturated rings. The standard InChI is InChI=1S/C4H10S2.2C2H4O2S/c5-3-1-2-4-6;2*3-1-2(4)5/h5-6H,1-4H2;2*3H,1H2,(H,4,5). The van der Waals surface area contributed by atoms with Crippen LogP contribution in [-0.4, -0.2) is 45.2 Å². The van der Waals surface area contributed by atoms with Crippen LogP contribution >= 0.6 is 50.5 Å². The molecular formula is C8H18O4S4. The van der Waals surface area contributed by atoms with Gasteiger partial charge >= 0.3 is 0 Å². The summed E-state index contributed by atoms with van der Waals surface area (Å²) in [5.41, 5.74) is 0. The van der Waals surface area contributed by atoms with E-state index in [-0.39, 0.29) is 0 Å². The van der Waals surface area contributed by atoms with E-state index in [1.165, 1.54) is 12.8 Å². The number of hydrogen-bond donors (Lipinski definition) is 6. The van der Waals surface area contributed by atoms with Gasteiger partial charge in [-0.15, -0.1) is 25.3 Å².